The average molecular weight is 697 g/mol. The van der Waals surface area contributed by atoms with Crippen LogP contribution in [-0.2, 0) is 9.53 Å². The van der Waals surface area contributed by atoms with Gasteiger partial charge >= 0.3 is 5.97 Å². The van der Waals surface area contributed by atoms with E-state index in [1.165, 1.54) is 225 Å². The van der Waals surface area contributed by atoms with Crippen molar-refractivity contribution in [2.24, 2.45) is 5.92 Å². The molecule has 0 aromatic carbocycles. The van der Waals surface area contributed by atoms with Crippen LogP contribution in [0.4, 0.5) is 0 Å². The molecule has 0 bridgehead atoms. The first-order valence-corrected chi connectivity index (χ1v) is 23.0. The molecule has 1 aliphatic rings. The van der Waals surface area contributed by atoms with Crippen LogP contribution in [0.15, 0.2) is 36.1 Å². The first kappa shape index (κ1) is 46.7. The van der Waals surface area contributed by atoms with Crippen LogP contribution in [0.3, 0.4) is 0 Å². The highest BCUT2D eigenvalue weighted by Crippen LogP contribution is 2.32. The van der Waals surface area contributed by atoms with Gasteiger partial charge in [-0.2, -0.15) is 0 Å². The predicted molar refractivity (Wildman–Crippen MR) is 223 cm³/mol. The van der Waals surface area contributed by atoms with Gasteiger partial charge in [-0.05, 0) is 76.7 Å². The number of rotatable bonds is 40. The van der Waals surface area contributed by atoms with Crippen LogP contribution in [-0.4, -0.2) is 5.97 Å². The molecule has 1 saturated heterocycles. The van der Waals surface area contributed by atoms with Crippen molar-refractivity contribution in [2.45, 2.75) is 258 Å². The van der Waals surface area contributed by atoms with Gasteiger partial charge < -0.3 is 4.74 Å². The van der Waals surface area contributed by atoms with Crippen molar-refractivity contribution in [3.05, 3.63) is 36.1 Å². The maximum atomic E-state index is 12.0. The Morgan fingerprint density at radius 3 is 0.980 bits per heavy atom. The summed E-state index contributed by atoms with van der Waals surface area (Å²) in [5, 5.41) is 0. The monoisotopic (exact) mass is 697 g/mol. The maximum Gasteiger partial charge on any atom is 0.321 e. The summed E-state index contributed by atoms with van der Waals surface area (Å²) in [5.74, 6) is 1.03. The smallest absolute Gasteiger partial charge is 0.321 e. The number of unbranched alkanes of at least 4 members (excludes halogenated alkanes) is 33. The summed E-state index contributed by atoms with van der Waals surface area (Å²) in [7, 11) is 0. The van der Waals surface area contributed by atoms with E-state index in [1.807, 2.05) is 0 Å². The van der Waals surface area contributed by atoms with Gasteiger partial charge in [-0.15, -0.1) is 0 Å². The summed E-state index contributed by atoms with van der Waals surface area (Å²) in [5.41, 5.74) is 0. The average Bonchev–Trinajstić information content (AvgIpc) is 3.12. The Morgan fingerprint density at radius 2 is 0.660 bits per heavy atom. The van der Waals surface area contributed by atoms with E-state index in [1.54, 1.807) is 0 Å². The molecular formula is C48H88O2. The molecule has 1 fully saturated rings. The predicted octanol–water partition coefficient (Wildman–Crippen LogP) is 17.0. The minimum Gasteiger partial charge on any atom is -0.430 e. The van der Waals surface area contributed by atoms with Crippen LogP contribution in [0.2, 0.25) is 0 Å². The number of hydrogen-bond acceptors (Lipinski definition) is 2. The van der Waals surface area contributed by atoms with Crippen molar-refractivity contribution in [1.29, 1.82) is 0 Å². The topological polar surface area (TPSA) is 26.3 Å². The largest absolute Gasteiger partial charge is 0.430 e. The molecule has 0 N–H and O–H groups in total. The van der Waals surface area contributed by atoms with Crippen molar-refractivity contribution in [1.82, 2.24) is 0 Å². The molecule has 1 atom stereocenters. The molecule has 1 rings (SSSR count). The molecule has 0 radical (unpaired) electrons. The van der Waals surface area contributed by atoms with Crippen LogP contribution >= 0.6 is 0 Å². The van der Waals surface area contributed by atoms with Crippen molar-refractivity contribution in [3.63, 3.8) is 0 Å². The van der Waals surface area contributed by atoms with Gasteiger partial charge in [0, 0.05) is 0 Å². The molecule has 2 nitrogen and oxygen atoms in total. The van der Waals surface area contributed by atoms with E-state index in [9.17, 15) is 4.79 Å². The van der Waals surface area contributed by atoms with Gasteiger partial charge in [-0.1, -0.05) is 212 Å². The lowest BCUT2D eigenvalue weighted by atomic mass is 9.93. The Kier molecular flexibility index (Phi) is 36.4. The van der Waals surface area contributed by atoms with Gasteiger partial charge in [-0.25, -0.2) is 0 Å². The molecule has 1 unspecified atom stereocenters. The molecule has 1 heterocycles. The van der Waals surface area contributed by atoms with E-state index < -0.39 is 0 Å². The lowest BCUT2D eigenvalue weighted by molar-refractivity contribution is -0.157. The third-order valence-electron chi connectivity index (χ3n) is 10.9. The number of carbonyl (C=O) groups excluding carboxylic acids is 1. The van der Waals surface area contributed by atoms with Gasteiger partial charge in [0.25, 0.3) is 0 Å². The second-order valence-electron chi connectivity index (χ2n) is 15.9. The lowest BCUT2D eigenvalue weighted by Crippen LogP contribution is -2.32. The molecule has 0 aliphatic carbocycles. The zero-order valence-corrected chi connectivity index (χ0v) is 34.2. The molecular weight excluding hydrogens is 609 g/mol. The van der Waals surface area contributed by atoms with Gasteiger partial charge in [-0.3, -0.25) is 4.79 Å². The van der Waals surface area contributed by atoms with Crippen LogP contribution < -0.4 is 0 Å². The van der Waals surface area contributed by atoms with Gasteiger partial charge in [0.1, 0.15) is 11.7 Å². The highest BCUT2D eigenvalue weighted by molar-refractivity contribution is 5.82. The maximum absolute atomic E-state index is 12.0. The van der Waals surface area contributed by atoms with Gasteiger partial charge in [0.2, 0.25) is 0 Å². The number of carbonyl (C=O) groups is 1. The first-order chi connectivity index (χ1) is 24.8. The standard InChI is InChI=1S/C48H88O2/c1-3-5-7-9-11-13-15-17-19-21-23-25-27-29-31-33-35-37-39-41-43-45-47-46(48(49)50-47)44-42-40-38-36-34-32-30-28-26-24-22-20-18-16-14-12-10-8-6-4-2/h29-32,45-46H,3-28,33-44H2,1-2H3/b31-29+,32-30+,47-45+. The van der Waals surface area contributed by atoms with Gasteiger partial charge in [0.05, 0.1) is 0 Å². The second kappa shape index (κ2) is 38.9. The first-order valence-electron chi connectivity index (χ1n) is 23.0. The van der Waals surface area contributed by atoms with Crippen LogP contribution in [0.25, 0.3) is 0 Å². The number of hydrogen-bond donors (Lipinski definition) is 0. The molecule has 0 aromatic heterocycles. The SMILES string of the molecule is CCCCCCCCCCCCCC/C=C/CCCCCC/C=C1/OC(=O)C1CCCCCC/C=C/CCCCCCCCCCCCCC. The molecule has 292 valence electrons. The third-order valence-corrected chi connectivity index (χ3v) is 10.9. The Morgan fingerprint density at radius 1 is 0.380 bits per heavy atom. The van der Waals surface area contributed by atoms with Crippen LogP contribution in [0.5, 0.6) is 0 Å². The summed E-state index contributed by atoms with van der Waals surface area (Å²) in [6.07, 6.45) is 63.1. The van der Waals surface area contributed by atoms with E-state index in [-0.39, 0.29) is 11.9 Å². The molecule has 0 amide bonds. The summed E-state index contributed by atoms with van der Waals surface area (Å²) in [6, 6.07) is 0. The quantitative estimate of drug-likeness (QED) is 0.0362. The fraction of sp³-hybridized carbons (Fsp3) is 0.854. The van der Waals surface area contributed by atoms with E-state index in [4.69, 9.17) is 4.74 Å². The molecule has 0 saturated carbocycles. The third kappa shape index (κ3) is 31.4. The molecule has 1 aliphatic heterocycles. The Hall–Kier alpha value is -1.31. The Balaban J connectivity index is 1.83. The Labute approximate surface area is 314 Å². The van der Waals surface area contributed by atoms with Crippen molar-refractivity contribution in [2.75, 3.05) is 0 Å². The summed E-state index contributed by atoms with van der Waals surface area (Å²) in [6.45, 7) is 4.59. The van der Waals surface area contributed by atoms with E-state index in [2.05, 4.69) is 44.2 Å². The zero-order chi connectivity index (χ0) is 35.8. The number of allylic oxidation sites excluding steroid dienone is 5. The minimum absolute atomic E-state index is 0.00673. The minimum atomic E-state index is 0.00673. The van der Waals surface area contributed by atoms with Crippen molar-refractivity contribution >= 4 is 5.97 Å². The summed E-state index contributed by atoms with van der Waals surface area (Å²) in [4.78, 5) is 12.0. The lowest BCUT2D eigenvalue weighted by Gasteiger charge is -2.28. The summed E-state index contributed by atoms with van der Waals surface area (Å²) < 4.78 is 5.39. The van der Waals surface area contributed by atoms with Gasteiger partial charge in [0.15, 0.2) is 0 Å². The van der Waals surface area contributed by atoms with E-state index in [0.29, 0.717) is 0 Å². The fourth-order valence-corrected chi connectivity index (χ4v) is 7.41. The molecule has 2 heteroatoms. The second-order valence-corrected chi connectivity index (χ2v) is 15.9. The van der Waals surface area contributed by atoms with E-state index in [0.717, 1.165) is 25.0 Å². The molecule has 50 heavy (non-hydrogen) atoms. The fourth-order valence-electron chi connectivity index (χ4n) is 7.41. The molecule has 0 aromatic rings. The normalized spacial score (nSPS) is 15.5. The summed E-state index contributed by atoms with van der Waals surface area (Å²) >= 11 is 0. The highest BCUT2D eigenvalue weighted by atomic mass is 16.6. The number of cyclic esters (lactones) is 1. The number of esters is 1. The molecule has 0 spiro atoms. The van der Waals surface area contributed by atoms with Crippen molar-refractivity contribution < 1.29 is 9.53 Å². The van der Waals surface area contributed by atoms with Crippen LogP contribution in [0.1, 0.15) is 258 Å². The van der Waals surface area contributed by atoms with Crippen LogP contribution in [0, 0.1) is 5.92 Å². The number of ether oxygens (including phenoxy) is 1. The zero-order valence-electron chi connectivity index (χ0n) is 34.2. The Bertz CT molecular complexity index is 792. The van der Waals surface area contributed by atoms with Crippen molar-refractivity contribution in [3.8, 4) is 0 Å². The van der Waals surface area contributed by atoms with E-state index >= 15 is 0 Å². The highest BCUT2D eigenvalue weighted by Gasteiger charge is 2.36.